The molecule has 0 fully saturated rings. The van der Waals surface area contributed by atoms with Crippen LogP contribution in [0.1, 0.15) is 28.3 Å². The summed E-state index contributed by atoms with van der Waals surface area (Å²) in [5.74, 6) is 0. The highest BCUT2D eigenvalue weighted by Gasteiger charge is 2.29. The van der Waals surface area contributed by atoms with Crippen LogP contribution >= 0.6 is 22.6 Å². The van der Waals surface area contributed by atoms with Crippen molar-refractivity contribution in [2.75, 3.05) is 0 Å². The van der Waals surface area contributed by atoms with Gasteiger partial charge in [-0.3, -0.25) is 0 Å². The molecule has 21 heavy (non-hydrogen) atoms. The smallest absolute Gasteiger partial charge is 0.324 e. The molecule has 2 N–H and O–H groups in total. The Kier molecular flexibility index (Phi) is 4.93. The molecule has 0 saturated carbocycles. The van der Waals surface area contributed by atoms with Crippen molar-refractivity contribution in [1.29, 1.82) is 0 Å². The lowest BCUT2D eigenvalue weighted by Gasteiger charge is -2.16. The van der Waals surface area contributed by atoms with Crippen LogP contribution in [0, 0.1) is 10.5 Å². The molecule has 0 saturated heterocycles. The average molecular weight is 405 g/mol. The first-order chi connectivity index (χ1) is 9.79. The highest BCUT2D eigenvalue weighted by Crippen LogP contribution is 2.30. The first-order valence-corrected chi connectivity index (χ1v) is 7.53. The highest BCUT2D eigenvalue weighted by molar-refractivity contribution is 14.1. The van der Waals surface area contributed by atoms with Gasteiger partial charge in [-0.05, 0) is 64.8 Å². The number of nitrogens with two attached hydrogens (primary N) is 1. The number of aryl methyl sites for hydroxylation is 1. The van der Waals surface area contributed by atoms with E-state index in [1.54, 1.807) is 0 Å². The first kappa shape index (κ1) is 16.3. The Hall–Kier alpha value is -1.08. The maximum absolute atomic E-state index is 12.5. The maximum Gasteiger partial charge on any atom is 0.416 e. The molecule has 2 aromatic rings. The average Bonchev–Trinajstić information content (AvgIpc) is 2.41. The van der Waals surface area contributed by atoms with Gasteiger partial charge in [0.1, 0.15) is 0 Å². The lowest BCUT2D eigenvalue weighted by atomic mass is 9.98. The molecule has 0 aliphatic carbocycles. The number of rotatable bonds is 3. The molecule has 0 aliphatic heterocycles. The van der Waals surface area contributed by atoms with Crippen LogP contribution in [0.15, 0.2) is 42.5 Å². The minimum Gasteiger partial charge on any atom is -0.324 e. The zero-order valence-electron chi connectivity index (χ0n) is 11.4. The fourth-order valence-electron chi connectivity index (χ4n) is 2.15. The molecule has 2 aromatic carbocycles. The van der Waals surface area contributed by atoms with Crippen LogP contribution in [0.2, 0.25) is 0 Å². The van der Waals surface area contributed by atoms with E-state index < -0.39 is 11.7 Å². The Bertz CT molecular complexity index is 620. The number of alkyl halides is 3. The first-order valence-electron chi connectivity index (χ1n) is 6.46. The Morgan fingerprint density at radius 2 is 1.71 bits per heavy atom. The lowest BCUT2D eigenvalue weighted by molar-refractivity contribution is -0.137. The van der Waals surface area contributed by atoms with Crippen molar-refractivity contribution < 1.29 is 13.2 Å². The van der Waals surface area contributed by atoms with Crippen LogP contribution in [0.25, 0.3) is 0 Å². The molecule has 1 unspecified atom stereocenters. The Morgan fingerprint density at radius 1 is 1.10 bits per heavy atom. The third-order valence-electron chi connectivity index (χ3n) is 3.36. The summed E-state index contributed by atoms with van der Waals surface area (Å²) in [6.07, 6.45) is -3.79. The highest BCUT2D eigenvalue weighted by atomic mass is 127. The van der Waals surface area contributed by atoms with E-state index in [0.717, 1.165) is 32.4 Å². The molecule has 1 atom stereocenters. The molecule has 0 spiro atoms. The van der Waals surface area contributed by atoms with E-state index in [4.69, 9.17) is 5.73 Å². The number of benzene rings is 2. The van der Waals surface area contributed by atoms with Crippen molar-refractivity contribution >= 4 is 22.6 Å². The molecule has 2 rings (SSSR count). The van der Waals surface area contributed by atoms with Gasteiger partial charge in [0.05, 0.1) is 5.56 Å². The quantitative estimate of drug-likeness (QED) is 0.726. The van der Waals surface area contributed by atoms with E-state index in [2.05, 4.69) is 22.6 Å². The Labute approximate surface area is 135 Å². The third kappa shape index (κ3) is 3.97. The number of hydrogen-bond acceptors (Lipinski definition) is 1. The molecule has 0 radical (unpaired) electrons. The van der Waals surface area contributed by atoms with Gasteiger partial charge < -0.3 is 5.73 Å². The van der Waals surface area contributed by atoms with Gasteiger partial charge in [0.2, 0.25) is 0 Å². The molecule has 0 bridgehead atoms. The van der Waals surface area contributed by atoms with Crippen LogP contribution in [-0.4, -0.2) is 0 Å². The number of halogens is 4. The molecular formula is C16H15F3IN. The van der Waals surface area contributed by atoms with E-state index in [9.17, 15) is 13.2 Å². The molecule has 5 heteroatoms. The Balaban J connectivity index is 2.16. The van der Waals surface area contributed by atoms with Gasteiger partial charge in [-0.25, -0.2) is 0 Å². The van der Waals surface area contributed by atoms with Gasteiger partial charge in [-0.2, -0.15) is 13.2 Å². The third-order valence-corrected chi connectivity index (χ3v) is 4.83. The van der Waals surface area contributed by atoms with Gasteiger partial charge >= 0.3 is 6.18 Å². The zero-order valence-corrected chi connectivity index (χ0v) is 13.6. The van der Waals surface area contributed by atoms with Crippen molar-refractivity contribution in [3.05, 3.63) is 68.3 Å². The van der Waals surface area contributed by atoms with Crippen LogP contribution in [0.5, 0.6) is 0 Å². The summed E-state index contributed by atoms with van der Waals surface area (Å²) in [5.41, 5.74) is 8.53. The van der Waals surface area contributed by atoms with Crippen LogP contribution in [-0.2, 0) is 12.6 Å². The molecular weight excluding hydrogens is 390 g/mol. The predicted octanol–water partition coefficient (Wildman–Crippen LogP) is 4.86. The number of hydrogen-bond donors (Lipinski definition) is 1. The molecule has 0 aliphatic rings. The fraction of sp³-hybridized carbons (Fsp3) is 0.250. The topological polar surface area (TPSA) is 26.0 Å². The monoisotopic (exact) mass is 405 g/mol. The summed E-state index contributed by atoms with van der Waals surface area (Å²) in [6, 6.07) is 10.9. The normalized spacial score (nSPS) is 13.2. The largest absolute Gasteiger partial charge is 0.416 e. The van der Waals surface area contributed by atoms with Gasteiger partial charge in [-0.15, -0.1) is 0 Å². The molecule has 0 heterocycles. The summed E-state index contributed by atoms with van der Waals surface area (Å²) in [7, 11) is 0. The zero-order chi connectivity index (χ0) is 15.6. The second-order valence-electron chi connectivity index (χ2n) is 4.98. The van der Waals surface area contributed by atoms with Crippen LogP contribution < -0.4 is 5.73 Å². The minimum atomic E-state index is -4.30. The van der Waals surface area contributed by atoms with Crippen molar-refractivity contribution in [1.82, 2.24) is 0 Å². The lowest BCUT2D eigenvalue weighted by Crippen LogP contribution is -2.15. The second-order valence-corrected chi connectivity index (χ2v) is 6.06. The van der Waals surface area contributed by atoms with E-state index in [1.165, 1.54) is 12.1 Å². The van der Waals surface area contributed by atoms with E-state index in [1.807, 2.05) is 25.1 Å². The van der Waals surface area contributed by atoms with E-state index in [0.29, 0.717) is 6.42 Å². The maximum atomic E-state index is 12.5. The predicted molar refractivity (Wildman–Crippen MR) is 86.0 cm³/mol. The minimum absolute atomic E-state index is 0.228. The summed E-state index contributed by atoms with van der Waals surface area (Å²) < 4.78 is 38.7. The SMILES string of the molecule is Cc1cccc(C(N)Cc2ccc(C(F)(F)F)cc2)c1I. The van der Waals surface area contributed by atoms with Gasteiger partial charge in [-0.1, -0.05) is 30.3 Å². The molecule has 112 valence electrons. The summed E-state index contributed by atoms with van der Waals surface area (Å²) in [5, 5.41) is 0. The molecule has 0 amide bonds. The summed E-state index contributed by atoms with van der Waals surface area (Å²) in [4.78, 5) is 0. The van der Waals surface area contributed by atoms with E-state index >= 15 is 0 Å². The molecule has 0 aromatic heterocycles. The van der Waals surface area contributed by atoms with Gasteiger partial charge in [0, 0.05) is 9.61 Å². The van der Waals surface area contributed by atoms with Crippen LogP contribution in [0.4, 0.5) is 13.2 Å². The van der Waals surface area contributed by atoms with Crippen molar-refractivity contribution in [2.45, 2.75) is 25.6 Å². The second kappa shape index (κ2) is 6.36. The van der Waals surface area contributed by atoms with Crippen molar-refractivity contribution in [3.8, 4) is 0 Å². The fourth-order valence-corrected chi connectivity index (χ4v) is 2.91. The molecule has 1 nitrogen and oxygen atoms in total. The standard InChI is InChI=1S/C16H15F3IN/c1-10-3-2-4-13(15(10)20)14(21)9-11-5-7-12(8-6-11)16(17,18)19/h2-8,14H,9,21H2,1H3. The van der Waals surface area contributed by atoms with Crippen molar-refractivity contribution in [3.63, 3.8) is 0 Å². The van der Waals surface area contributed by atoms with Crippen LogP contribution in [0.3, 0.4) is 0 Å². The van der Waals surface area contributed by atoms with Crippen molar-refractivity contribution in [2.24, 2.45) is 5.73 Å². The van der Waals surface area contributed by atoms with E-state index in [-0.39, 0.29) is 6.04 Å². The van der Waals surface area contributed by atoms with Gasteiger partial charge in [0.25, 0.3) is 0 Å². The summed E-state index contributed by atoms with van der Waals surface area (Å²) >= 11 is 2.25. The Morgan fingerprint density at radius 3 is 2.29 bits per heavy atom. The van der Waals surface area contributed by atoms with Gasteiger partial charge in [0.15, 0.2) is 0 Å². The summed E-state index contributed by atoms with van der Waals surface area (Å²) in [6.45, 7) is 2.01.